The first-order valence-corrected chi connectivity index (χ1v) is 5.67. The SMILES string of the molecule is CCCn1nncc1-c1cc(NC)nc(C)n1. The van der Waals surface area contributed by atoms with Gasteiger partial charge in [-0.2, -0.15) is 0 Å². The maximum Gasteiger partial charge on any atom is 0.130 e. The van der Waals surface area contributed by atoms with E-state index < -0.39 is 0 Å². The van der Waals surface area contributed by atoms with Gasteiger partial charge in [0.1, 0.15) is 17.3 Å². The molecule has 0 aliphatic carbocycles. The number of aromatic nitrogens is 5. The lowest BCUT2D eigenvalue weighted by Gasteiger charge is -2.06. The summed E-state index contributed by atoms with van der Waals surface area (Å²) in [4.78, 5) is 8.68. The highest BCUT2D eigenvalue weighted by Gasteiger charge is 2.09. The molecule has 1 N–H and O–H groups in total. The van der Waals surface area contributed by atoms with Gasteiger partial charge in [0.05, 0.1) is 11.9 Å². The quantitative estimate of drug-likeness (QED) is 0.865. The first-order valence-electron chi connectivity index (χ1n) is 5.67. The molecule has 0 aromatic carbocycles. The van der Waals surface area contributed by atoms with Gasteiger partial charge >= 0.3 is 0 Å². The molecular formula is C11H16N6. The molecule has 2 heterocycles. The second-order valence-electron chi connectivity index (χ2n) is 3.78. The van der Waals surface area contributed by atoms with Gasteiger partial charge in [-0.1, -0.05) is 12.1 Å². The lowest BCUT2D eigenvalue weighted by Crippen LogP contribution is -2.04. The zero-order chi connectivity index (χ0) is 12.3. The monoisotopic (exact) mass is 232 g/mol. The minimum atomic E-state index is 0.732. The minimum absolute atomic E-state index is 0.732. The zero-order valence-corrected chi connectivity index (χ0v) is 10.3. The Kier molecular flexibility index (Phi) is 3.32. The van der Waals surface area contributed by atoms with Crippen LogP contribution in [0, 0.1) is 6.92 Å². The topological polar surface area (TPSA) is 68.5 Å². The van der Waals surface area contributed by atoms with Crippen LogP contribution in [0.1, 0.15) is 19.2 Å². The van der Waals surface area contributed by atoms with Crippen LogP contribution in [0.3, 0.4) is 0 Å². The summed E-state index contributed by atoms with van der Waals surface area (Å²) < 4.78 is 1.86. The average molecular weight is 232 g/mol. The number of nitrogens with one attached hydrogen (secondary N) is 1. The number of rotatable bonds is 4. The normalized spacial score (nSPS) is 10.5. The van der Waals surface area contributed by atoms with E-state index >= 15 is 0 Å². The molecule has 0 bridgehead atoms. The molecular weight excluding hydrogens is 216 g/mol. The third kappa shape index (κ3) is 2.41. The first-order chi connectivity index (χ1) is 8.24. The van der Waals surface area contributed by atoms with Crippen LogP contribution in [0.2, 0.25) is 0 Å². The van der Waals surface area contributed by atoms with Gasteiger partial charge < -0.3 is 5.32 Å². The fourth-order valence-electron chi connectivity index (χ4n) is 1.66. The molecule has 2 rings (SSSR count). The highest BCUT2D eigenvalue weighted by molar-refractivity contribution is 5.57. The Morgan fingerprint density at radius 1 is 1.35 bits per heavy atom. The second kappa shape index (κ2) is 4.90. The van der Waals surface area contributed by atoms with Gasteiger partial charge in [-0.05, 0) is 13.3 Å². The van der Waals surface area contributed by atoms with Crippen molar-refractivity contribution in [1.82, 2.24) is 25.0 Å². The molecule has 0 fully saturated rings. The standard InChI is InChI=1S/C11H16N6/c1-4-5-17-10(7-13-16-17)9-6-11(12-3)15-8(2)14-9/h6-7H,4-5H2,1-3H3,(H,12,14,15). The Morgan fingerprint density at radius 2 is 2.18 bits per heavy atom. The molecule has 0 atom stereocenters. The molecule has 6 nitrogen and oxygen atoms in total. The third-order valence-electron chi connectivity index (χ3n) is 2.41. The van der Waals surface area contributed by atoms with Crippen LogP contribution in [0.15, 0.2) is 12.3 Å². The van der Waals surface area contributed by atoms with Crippen LogP contribution in [0.4, 0.5) is 5.82 Å². The predicted octanol–water partition coefficient (Wildman–Crippen LogP) is 1.50. The Hall–Kier alpha value is -1.98. The van der Waals surface area contributed by atoms with Crippen molar-refractivity contribution >= 4 is 5.82 Å². The summed E-state index contributed by atoms with van der Waals surface area (Å²) in [5.74, 6) is 1.54. The molecule has 0 aliphatic rings. The molecule has 2 aromatic heterocycles. The van der Waals surface area contributed by atoms with Crippen molar-refractivity contribution in [3.8, 4) is 11.4 Å². The van der Waals surface area contributed by atoms with E-state index in [-0.39, 0.29) is 0 Å². The number of anilines is 1. The second-order valence-corrected chi connectivity index (χ2v) is 3.78. The molecule has 2 aromatic rings. The summed E-state index contributed by atoms with van der Waals surface area (Å²) in [5, 5.41) is 11.0. The van der Waals surface area contributed by atoms with Crippen LogP contribution < -0.4 is 5.32 Å². The summed E-state index contributed by atoms with van der Waals surface area (Å²) >= 11 is 0. The molecule has 6 heteroatoms. The smallest absolute Gasteiger partial charge is 0.130 e. The maximum absolute atomic E-state index is 4.42. The lowest BCUT2D eigenvalue weighted by atomic mass is 10.3. The average Bonchev–Trinajstić information content (AvgIpc) is 2.77. The van der Waals surface area contributed by atoms with Gasteiger partial charge in [0.2, 0.25) is 0 Å². The van der Waals surface area contributed by atoms with Crippen LogP contribution >= 0.6 is 0 Å². The Balaban J connectivity index is 2.44. The summed E-state index contributed by atoms with van der Waals surface area (Å²) in [6.45, 7) is 4.82. The van der Waals surface area contributed by atoms with E-state index in [0.29, 0.717) is 0 Å². The third-order valence-corrected chi connectivity index (χ3v) is 2.41. The van der Waals surface area contributed by atoms with Crippen molar-refractivity contribution in [2.45, 2.75) is 26.8 Å². The highest BCUT2D eigenvalue weighted by atomic mass is 15.4. The Bertz CT molecular complexity index is 504. The Labute approximate surface area is 100 Å². The molecule has 0 unspecified atom stereocenters. The molecule has 0 saturated carbocycles. The molecule has 0 radical (unpaired) electrons. The van der Waals surface area contributed by atoms with E-state index in [1.807, 2.05) is 24.7 Å². The van der Waals surface area contributed by atoms with Crippen LogP contribution in [-0.4, -0.2) is 32.0 Å². The number of hydrogen-bond acceptors (Lipinski definition) is 5. The summed E-state index contributed by atoms with van der Waals surface area (Å²) in [7, 11) is 1.84. The van der Waals surface area contributed by atoms with E-state index in [9.17, 15) is 0 Å². The molecule has 0 amide bonds. The molecule has 90 valence electrons. The molecule has 0 saturated heterocycles. The minimum Gasteiger partial charge on any atom is -0.373 e. The number of hydrogen-bond donors (Lipinski definition) is 1. The van der Waals surface area contributed by atoms with Gasteiger partial charge in [-0.25, -0.2) is 14.6 Å². The van der Waals surface area contributed by atoms with E-state index in [2.05, 4.69) is 32.5 Å². The fraction of sp³-hybridized carbons (Fsp3) is 0.455. The molecule has 0 aliphatic heterocycles. The number of aryl methyl sites for hydroxylation is 2. The summed E-state index contributed by atoms with van der Waals surface area (Å²) in [6.07, 6.45) is 2.75. The van der Waals surface area contributed by atoms with E-state index in [1.54, 1.807) is 6.20 Å². The van der Waals surface area contributed by atoms with Crippen LogP contribution in [-0.2, 0) is 6.54 Å². The lowest BCUT2D eigenvalue weighted by molar-refractivity contribution is 0.583. The van der Waals surface area contributed by atoms with Gasteiger partial charge in [-0.15, -0.1) is 5.10 Å². The number of nitrogens with zero attached hydrogens (tertiary/aromatic N) is 5. The molecule has 17 heavy (non-hydrogen) atoms. The van der Waals surface area contributed by atoms with Crippen molar-refractivity contribution in [2.75, 3.05) is 12.4 Å². The first kappa shape index (κ1) is 11.5. The van der Waals surface area contributed by atoms with Crippen molar-refractivity contribution in [2.24, 2.45) is 0 Å². The molecule has 0 spiro atoms. The van der Waals surface area contributed by atoms with Gasteiger partial charge in [0.25, 0.3) is 0 Å². The largest absolute Gasteiger partial charge is 0.373 e. The Morgan fingerprint density at radius 3 is 2.88 bits per heavy atom. The van der Waals surface area contributed by atoms with E-state index in [1.165, 1.54) is 0 Å². The zero-order valence-electron chi connectivity index (χ0n) is 10.3. The van der Waals surface area contributed by atoms with Crippen LogP contribution in [0.25, 0.3) is 11.4 Å². The summed E-state index contributed by atoms with van der Waals surface area (Å²) in [5.41, 5.74) is 1.77. The highest BCUT2D eigenvalue weighted by Crippen LogP contribution is 2.18. The fourth-order valence-corrected chi connectivity index (χ4v) is 1.66. The van der Waals surface area contributed by atoms with Crippen molar-refractivity contribution in [1.29, 1.82) is 0 Å². The van der Waals surface area contributed by atoms with Crippen molar-refractivity contribution in [3.05, 3.63) is 18.1 Å². The summed E-state index contributed by atoms with van der Waals surface area (Å²) in [6, 6.07) is 1.90. The van der Waals surface area contributed by atoms with Crippen molar-refractivity contribution in [3.63, 3.8) is 0 Å². The maximum atomic E-state index is 4.42. The van der Waals surface area contributed by atoms with E-state index in [0.717, 1.165) is 36.0 Å². The van der Waals surface area contributed by atoms with E-state index in [4.69, 9.17) is 0 Å². The van der Waals surface area contributed by atoms with Gasteiger partial charge in [0, 0.05) is 19.7 Å². The van der Waals surface area contributed by atoms with Gasteiger partial charge in [0.15, 0.2) is 0 Å². The van der Waals surface area contributed by atoms with Gasteiger partial charge in [-0.3, -0.25) is 0 Å². The predicted molar refractivity (Wildman–Crippen MR) is 65.6 cm³/mol. The van der Waals surface area contributed by atoms with Crippen molar-refractivity contribution < 1.29 is 0 Å². The van der Waals surface area contributed by atoms with Crippen LogP contribution in [0.5, 0.6) is 0 Å².